The summed E-state index contributed by atoms with van der Waals surface area (Å²) in [5.41, 5.74) is 9.60. The minimum absolute atomic E-state index is 0. The lowest BCUT2D eigenvalue weighted by atomic mass is 10.0. The van der Waals surface area contributed by atoms with Crippen molar-refractivity contribution < 1.29 is 6.22 Å². The van der Waals surface area contributed by atoms with Crippen LogP contribution in [0.1, 0.15) is 49.9 Å². The lowest BCUT2D eigenvalue weighted by Crippen LogP contribution is -2.25. The predicted molar refractivity (Wildman–Crippen MR) is 123 cm³/mol. The first kappa shape index (κ1) is 18.3. The van der Waals surface area contributed by atoms with Crippen LogP contribution in [-0.2, 0) is 6.42 Å². The normalized spacial score (nSPS) is 18.8. The van der Waals surface area contributed by atoms with Gasteiger partial charge < -0.3 is 11.1 Å². The number of nitrogens with two attached hydrogens (primary N) is 1. The Morgan fingerprint density at radius 3 is 3.03 bits per heavy atom. The molecule has 29 heavy (non-hydrogen) atoms. The van der Waals surface area contributed by atoms with Crippen molar-refractivity contribution in [3.05, 3.63) is 79.2 Å². The van der Waals surface area contributed by atoms with Gasteiger partial charge in [-0.25, -0.2) is 0 Å². The van der Waals surface area contributed by atoms with Crippen LogP contribution in [0.15, 0.2) is 47.9 Å². The molecule has 1 saturated carbocycles. The highest BCUT2D eigenvalue weighted by Gasteiger charge is 2.40. The van der Waals surface area contributed by atoms with Crippen LogP contribution in [0.5, 0.6) is 0 Å². The zero-order chi connectivity index (χ0) is 20.0. The van der Waals surface area contributed by atoms with E-state index in [1.165, 1.54) is 21.7 Å². The Balaban J connectivity index is 0.00000218. The van der Waals surface area contributed by atoms with Gasteiger partial charge in [-0.2, -0.15) is 0 Å². The number of nitrogens with one attached hydrogen (secondary N) is 2. The topological polar surface area (TPSA) is 79.0 Å². The number of thiophene rings is 2. The number of allylic oxidation sites excluding steroid dienone is 1. The van der Waals surface area contributed by atoms with Gasteiger partial charge in [-0.15, -0.1) is 22.7 Å². The summed E-state index contributed by atoms with van der Waals surface area (Å²) >= 11 is 3.33. The van der Waals surface area contributed by atoms with Crippen LogP contribution >= 0.6 is 22.7 Å². The molecule has 0 saturated heterocycles. The molecule has 0 aliphatic heterocycles. The first-order chi connectivity index (χ1) is 14.1. The van der Waals surface area contributed by atoms with Gasteiger partial charge in [0.05, 0.1) is 10.6 Å². The standard InChI is InChI=1S/C23H21N3OS2.H2/c24-19-5-3-14(23(27)26-8-7-15-2-1-9-28-15)11-18(19)22(25)21-12-17-16-10-13(16)4-6-20(17)29-21;/h1-6,9,11-13,16,25H,7-8,10,24H2,(H,26,27);1H. The average Bonchev–Trinajstić information content (AvgIpc) is 3.13. The van der Waals surface area contributed by atoms with Crippen LogP contribution in [0, 0.1) is 11.3 Å². The van der Waals surface area contributed by atoms with Crippen molar-refractivity contribution in [2.75, 3.05) is 12.3 Å². The van der Waals surface area contributed by atoms with Crippen LogP contribution in [0.25, 0.3) is 6.08 Å². The molecule has 5 rings (SSSR count). The summed E-state index contributed by atoms with van der Waals surface area (Å²) in [6.45, 7) is 0.586. The molecule has 2 heterocycles. The fraction of sp³-hybridized carbons (Fsp3) is 0.217. The van der Waals surface area contributed by atoms with Crippen LogP contribution in [0.4, 0.5) is 5.69 Å². The SMILES string of the molecule is N=C(c1cc2c(s1)C=CC1CC21)c1cc(C(=O)NCCc2cccs2)ccc1N.[HH]. The molecular formula is C23H23N3OS2. The highest BCUT2D eigenvalue weighted by atomic mass is 32.1. The predicted octanol–water partition coefficient (Wildman–Crippen LogP) is 5.16. The summed E-state index contributed by atoms with van der Waals surface area (Å²) in [7, 11) is 0. The first-order valence-electron chi connectivity index (χ1n) is 9.71. The Bertz CT molecular complexity index is 1130. The van der Waals surface area contributed by atoms with Crippen molar-refractivity contribution >= 4 is 46.1 Å². The summed E-state index contributed by atoms with van der Waals surface area (Å²) in [5.74, 6) is 1.18. The van der Waals surface area contributed by atoms with E-state index in [1.54, 1.807) is 40.9 Å². The summed E-state index contributed by atoms with van der Waals surface area (Å²) in [6.07, 6.45) is 6.51. The van der Waals surface area contributed by atoms with Gasteiger partial charge >= 0.3 is 0 Å². The van der Waals surface area contributed by atoms with Gasteiger partial charge in [0.2, 0.25) is 0 Å². The number of carbonyl (C=O) groups excluding carboxylic acids is 1. The van der Waals surface area contributed by atoms with E-state index < -0.39 is 0 Å². The maximum absolute atomic E-state index is 12.6. The van der Waals surface area contributed by atoms with Crippen LogP contribution in [0.3, 0.4) is 0 Å². The lowest BCUT2D eigenvalue weighted by Gasteiger charge is -2.10. The second-order valence-corrected chi connectivity index (χ2v) is 9.67. The molecule has 0 radical (unpaired) electrons. The van der Waals surface area contributed by atoms with E-state index in [1.807, 2.05) is 11.4 Å². The third kappa shape index (κ3) is 3.54. The Morgan fingerprint density at radius 2 is 2.21 bits per heavy atom. The molecule has 4 N–H and O–H groups in total. The average molecular weight is 422 g/mol. The van der Waals surface area contributed by atoms with E-state index in [9.17, 15) is 4.79 Å². The third-order valence-electron chi connectivity index (χ3n) is 5.59. The fourth-order valence-electron chi connectivity index (χ4n) is 3.86. The number of carbonyl (C=O) groups is 1. The van der Waals surface area contributed by atoms with Gasteiger partial charge in [-0.05, 0) is 72.0 Å². The number of amides is 1. The molecule has 148 valence electrons. The highest BCUT2D eigenvalue weighted by Crippen LogP contribution is 2.54. The highest BCUT2D eigenvalue weighted by molar-refractivity contribution is 7.15. The lowest BCUT2D eigenvalue weighted by molar-refractivity contribution is 0.0954. The van der Waals surface area contributed by atoms with Gasteiger partial charge in [0.25, 0.3) is 5.91 Å². The molecule has 0 bridgehead atoms. The molecule has 6 heteroatoms. The molecule has 1 amide bonds. The number of fused-ring (bicyclic) bond motifs is 3. The molecule has 2 unspecified atom stereocenters. The Kier molecular flexibility index (Phi) is 4.60. The second kappa shape index (κ2) is 7.28. The van der Waals surface area contributed by atoms with Gasteiger partial charge in [0, 0.05) is 34.5 Å². The largest absolute Gasteiger partial charge is 0.398 e. The monoisotopic (exact) mass is 421 g/mol. The fourth-order valence-corrected chi connectivity index (χ4v) is 5.68. The van der Waals surface area contributed by atoms with E-state index >= 15 is 0 Å². The molecule has 2 aliphatic rings. The molecule has 3 aromatic rings. The van der Waals surface area contributed by atoms with Gasteiger partial charge in [-0.3, -0.25) is 10.2 Å². The Hall–Kier alpha value is -2.70. The number of nitrogen functional groups attached to an aromatic ring is 1. The van der Waals surface area contributed by atoms with E-state index in [0.717, 1.165) is 11.3 Å². The molecule has 1 fully saturated rings. The van der Waals surface area contributed by atoms with Gasteiger partial charge in [-0.1, -0.05) is 12.1 Å². The van der Waals surface area contributed by atoms with Crippen molar-refractivity contribution in [2.45, 2.75) is 18.8 Å². The third-order valence-corrected chi connectivity index (χ3v) is 7.66. The first-order valence-corrected chi connectivity index (χ1v) is 11.4. The summed E-state index contributed by atoms with van der Waals surface area (Å²) in [6, 6.07) is 11.4. The number of anilines is 1. The minimum Gasteiger partial charge on any atom is -0.398 e. The minimum atomic E-state index is -0.134. The van der Waals surface area contributed by atoms with E-state index in [0.29, 0.717) is 40.9 Å². The van der Waals surface area contributed by atoms with Crippen LogP contribution in [-0.4, -0.2) is 18.2 Å². The Labute approximate surface area is 179 Å². The molecular weight excluding hydrogens is 398 g/mol. The van der Waals surface area contributed by atoms with E-state index in [2.05, 4.69) is 29.6 Å². The summed E-state index contributed by atoms with van der Waals surface area (Å²) in [5, 5.41) is 13.7. The van der Waals surface area contributed by atoms with Crippen molar-refractivity contribution in [3.8, 4) is 0 Å². The van der Waals surface area contributed by atoms with Crippen molar-refractivity contribution in [2.24, 2.45) is 5.92 Å². The molecule has 4 nitrogen and oxygen atoms in total. The molecule has 2 atom stereocenters. The maximum atomic E-state index is 12.6. The maximum Gasteiger partial charge on any atom is 0.251 e. The molecule has 0 spiro atoms. The molecule has 2 aromatic heterocycles. The van der Waals surface area contributed by atoms with E-state index in [4.69, 9.17) is 11.1 Å². The number of hydrogen-bond acceptors (Lipinski definition) is 5. The number of benzene rings is 1. The Morgan fingerprint density at radius 1 is 1.31 bits per heavy atom. The molecule has 2 aliphatic carbocycles. The second-order valence-electron chi connectivity index (χ2n) is 7.56. The quantitative estimate of drug-likeness (QED) is 0.380. The zero-order valence-electron chi connectivity index (χ0n) is 15.8. The van der Waals surface area contributed by atoms with Crippen LogP contribution < -0.4 is 11.1 Å². The van der Waals surface area contributed by atoms with Crippen molar-refractivity contribution in [3.63, 3.8) is 0 Å². The van der Waals surface area contributed by atoms with Gasteiger partial charge in [0.1, 0.15) is 0 Å². The van der Waals surface area contributed by atoms with Crippen molar-refractivity contribution in [1.82, 2.24) is 5.32 Å². The number of rotatable bonds is 6. The van der Waals surface area contributed by atoms with E-state index in [-0.39, 0.29) is 7.33 Å². The smallest absolute Gasteiger partial charge is 0.251 e. The van der Waals surface area contributed by atoms with Crippen molar-refractivity contribution in [1.29, 1.82) is 5.41 Å². The van der Waals surface area contributed by atoms with Gasteiger partial charge in [0.15, 0.2) is 0 Å². The summed E-state index contributed by atoms with van der Waals surface area (Å²) in [4.78, 5) is 16.0. The number of hydrogen-bond donors (Lipinski definition) is 3. The zero-order valence-corrected chi connectivity index (χ0v) is 17.4. The molecule has 1 aromatic carbocycles. The van der Waals surface area contributed by atoms with Crippen LogP contribution in [0.2, 0.25) is 0 Å². The summed E-state index contributed by atoms with van der Waals surface area (Å²) < 4.78 is 0.